The highest BCUT2D eigenvalue weighted by molar-refractivity contribution is 9.10. The highest BCUT2D eigenvalue weighted by atomic mass is 79.9. The van der Waals surface area contributed by atoms with Crippen LogP contribution in [0.4, 0.5) is 11.5 Å². The number of hydrogen-bond donors (Lipinski definition) is 3. The monoisotopic (exact) mass is 285 g/mol. The molecule has 88 valence electrons. The number of aliphatic hydroxyl groups excluding tert-OH is 1. The first kappa shape index (κ1) is 11.7. The quantitative estimate of drug-likeness (QED) is 0.777. The maximum Gasteiger partial charge on any atom is 0.149 e. The molecule has 1 aromatic heterocycles. The Bertz CT molecular complexity index is 408. The number of hydrogen-bond acceptors (Lipinski definition) is 4. The van der Waals surface area contributed by atoms with Gasteiger partial charge in [0.15, 0.2) is 0 Å². The van der Waals surface area contributed by atoms with Crippen LogP contribution in [0.15, 0.2) is 16.7 Å². The molecule has 4 N–H and O–H groups in total. The number of rotatable bonds is 2. The van der Waals surface area contributed by atoms with E-state index in [9.17, 15) is 5.11 Å². The Balaban J connectivity index is 2.11. The van der Waals surface area contributed by atoms with E-state index in [1.54, 1.807) is 6.20 Å². The molecule has 1 aliphatic carbocycles. The van der Waals surface area contributed by atoms with Crippen LogP contribution in [-0.2, 0) is 0 Å². The summed E-state index contributed by atoms with van der Waals surface area (Å²) in [4.78, 5) is 4.23. The lowest BCUT2D eigenvalue weighted by atomic mass is 9.64. The van der Waals surface area contributed by atoms with Crippen molar-refractivity contribution in [1.29, 1.82) is 0 Å². The molecule has 5 heteroatoms. The van der Waals surface area contributed by atoms with Crippen molar-refractivity contribution in [2.24, 2.45) is 5.41 Å². The Labute approximate surface area is 103 Å². The van der Waals surface area contributed by atoms with Gasteiger partial charge in [-0.3, -0.25) is 0 Å². The third-order valence-electron chi connectivity index (χ3n) is 3.41. The summed E-state index contributed by atoms with van der Waals surface area (Å²) in [6.45, 7) is 4.07. The first-order valence-corrected chi connectivity index (χ1v) is 6.06. The molecule has 1 aromatic rings. The molecule has 0 spiro atoms. The van der Waals surface area contributed by atoms with E-state index in [-0.39, 0.29) is 17.6 Å². The van der Waals surface area contributed by atoms with E-state index in [0.717, 1.165) is 10.9 Å². The van der Waals surface area contributed by atoms with E-state index in [1.165, 1.54) is 0 Å². The number of nitrogens with zero attached hydrogens (tertiary/aromatic N) is 1. The summed E-state index contributed by atoms with van der Waals surface area (Å²) in [7, 11) is 0. The molecular weight excluding hydrogens is 270 g/mol. The molecule has 0 aliphatic heterocycles. The van der Waals surface area contributed by atoms with Gasteiger partial charge in [-0.25, -0.2) is 4.98 Å². The molecule has 0 saturated heterocycles. The largest absolute Gasteiger partial charge is 0.396 e. The average Bonchev–Trinajstić information content (AvgIpc) is 2.21. The predicted octanol–water partition coefficient (Wildman–Crippen LogP) is 2.00. The summed E-state index contributed by atoms with van der Waals surface area (Å²) < 4.78 is 0.864. The molecule has 0 aromatic carbocycles. The average molecular weight is 286 g/mol. The molecular formula is C11H16BrN3O. The summed E-state index contributed by atoms with van der Waals surface area (Å²) in [6.07, 6.45) is 2.20. The summed E-state index contributed by atoms with van der Waals surface area (Å²) in [5.41, 5.74) is 6.35. The molecule has 1 heterocycles. The van der Waals surface area contributed by atoms with E-state index in [0.29, 0.717) is 11.5 Å². The van der Waals surface area contributed by atoms with Gasteiger partial charge < -0.3 is 16.2 Å². The van der Waals surface area contributed by atoms with E-state index < -0.39 is 0 Å². The van der Waals surface area contributed by atoms with Gasteiger partial charge in [0, 0.05) is 22.1 Å². The Morgan fingerprint density at radius 1 is 1.62 bits per heavy atom. The molecule has 0 amide bonds. The molecule has 2 atom stereocenters. The number of nitrogens with two attached hydrogens (primary N) is 1. The Morgan fingerprint density at radius 3 is 2.81 bits per heavy atom. The molecule has 1 saturated carbocycles. The molecule has 2 rings (SSSR count). The molecule has 2 unspecified atom stereocenters. The van der Waals surface area contributed by atoms with Crippen molar-refractivity contribution in [3.05, 3.63) is 16.7 Å². The van der Waals surface area contributed by atoms with Gasteiger partial charge in [0.25, 0.3) is 0 Å². The molecule has 4 nitrogen and oxygen atoms in total. The van der Waals surface area contributed by atoms with E-state index in [4.69, 9.17) is 5.73 Å². The third-order valence-corrected chi connectivity index (χ3v) is 3.84. The second-order valence-corrected chi connectivity index (χ2v) is 5.78. The van der Waals surface area contributed by atoms with Crippen molar-refractivity contribution in [2.75, 3.05) is 11.1 Å². The highest BCUT2D eigenvalue weighted by Gasteiger charge is 2.47. The Hall–Kier alpha value is -0.810. The number of nitrogens with one attached hydrogen (secondary N) is 1. The molecule has 0 radical (unpaired) electrons. The van der Waals surface area contributed by atoms with Gasteiger partial charge >= 0.3 is 0 Å². The minimum atomic E-state index is -0.248. The lowest BCUT2D eigenvalue weighted by molar-refractivity contribution is -0.0511. The number of pyridine rings is 1. The molecule has 1 aliphatic rings. The van der Waals surface area contributed by atoms with Crippen molar-refractivity contribution in [3.63, 3.8) is 0 Å². The normalized spacial score (nSPS) is 27.2. The summed E-state index contributed by atoms with van der Waals surface area (Å²) in [6, 6.07) is 2.04. The first-order chi connectivity index (χ1) is 7.41. The van der Waals surface area contributed by atoms with Crippen LogP contribution in [-0.4, -0.2) is 22.2 Å². The zero-order valence-electron chi connectivity index (χ0n) is 9.37. The van der Waals surface area contributed by atoms with Crippen LogP contribution in [0.2, 0.25) is 0 Å². The van der Waals surface area contributed by atoms with Crippen molar-refractivity contribution in [2.45, 2.75) is 32.4 Å². The third kappa shape index (κ3) is 1.89. The maximum absolute atomic E-state index is 9.64. The molecule has 1 fully saturated rings. The second kappa shape index (κ2) is 3.89. The topological polar surface area (TPSA) is 71.2 Å². The smallest absolute Gasteiger partial charge is 0.149 e. The first-order valence-electron chi connectivity index (χ1n) is 5.27. The van der Waals surface area contributed by atoms with Crippen molar-refractivity contribution in [1.82, 2.24) is 4.98 Å². The minimum absolute atomic E-state index is 0.124. The van der Waals surface area contributed by atoms with Crippen LogP contribution in [0.1, 0.15) is 20.3 Å². The standard InChI is InChI=1S/C11H16BrN3O/c1-11(2)8(4-9(11)16)15-10-7(13)3-6(12)5-14-10/h3,5,8-9,16H,4,13H2,1-2H3,(H,14,15). The number of aliphatic hydroxyl groups is 1. The number of aromatic nitrogens is 1. The minimum Gasteiger partial charge on any atom is -0.396 e. The van der Waals surface area contributed by atoms with Crippen LogP contribution in [0, 0.1) is 5.41 Å². The lowest BCUT2D eigenvalue weighted by Crippen LogP contribution is -2.57. The molecule has 0 bridgehead atoms. The zero-order valence-corrected chi connectivity index (χ0v) is 11.0. The van der Waals surface area contributed by atoms with Crippen molar-refractivity contribution in [3.8, 4) is 0 Å². The van der Waals surface area contributed by atoms with E-state index in [1.807, 2.05) is 19.9 Å². The zero-order chi connectivity index (χ0) is 11.9. The number of halogens is 1. The van der Waals surface area contributed by atoms with Gasteiger partial charge in [0.2, 0.25) is 0 Å². The van der Waals surface area contributed by atoms with Crippen LogP contribution in [0.3, 0.4) is 0 Å². The SMILES string of the molecule is CC1(C)C(O)CC1Nc1ncc(Br)cc1N. The van der Waals surface area contributed by atoms with Crippen molar-refractivity contribution >= 4 is 27.4 Å². The fourth-order valence-electron chi connectivity index (χ4n) is 1.89. The van der Waals surface area contributed by atoms with Gasteiger partial charge in [-0.15, -0.1) is 0 Å². The highest BCUT2D eigenvalue weighted by Crippen LogP contribution is 2.42. The van der Waals surface area contributed by atoms with Crippen LogP contribution >= 0.6 is 15.9 Å². The predicted molar refractivity (Wildman–Crippen MR) is 68.2 cm³/mol. The summed E-state index contributed by atoms with van der Waals surface area (Å²) >= 11 is 3.32. The summed E-state index contributed by atoms with van der Waals surface area (Å²) in [5, 5.41) is 12.9. The van der Waals surface area contributed by atoms with Crippen LogP contribution < -0.4 is 11.1 Å². The summed E-state index contributed by atoms with van der Waals surface area (Å²) in [5.74, 6) is 0.688. The van der Waals surface area contributed by atoms with Crippen LogP contribution in [0.25, 0.3) is 0 Å². The maximum atomic E-state index is 9.64. The van der Waals surface area contributed by atoms with Gasteiger partial charge in [-0.1, -0.05) is 13.8 Å². The second-order valence-electron chi connectivity index (χ2n) is 4.86. The van der Waals surface area contributed by atoms with Gasteiger partial charge in [0.05, 0.1) is 11.8 Å². The lowest BCUT2D eigenvalue weighted by Gasteiger charge is -2.49. The molecule has 16 heavy (non-hydrogen) atoms. The fraction of sp³-hybridized carbons (Fsp3) is 0.545. The van der Waals surface area contributed by atoms with E-state index >= 15 is 0 Å². The van der Waals surface area contributed by atoms with Gasteiger partial charge in [-0.05, 0) is 28.4 Å². The van der Waals surface area contributed by atoms with Gasteiger partial charge in [0.1, 0.15) is 5.82 Å². The Kier molecular flexibility index (Phi) is 2.84. The van der Waals surface area contributed by atoms with E-state index in [2.05, 4.69) is 26.2 Å². The fourth-order valence-corrected chi connectivity index (χ4v) is 2.24. The van der Waals surface area contributed by atoms with Gasteiger partial charge in [-0.2, -0.15) is 0 Å². The Morgan fingerprint density at radius 2 is 2.31 bits per heavy atom. The van der Waals surface area contributed by atoms with Crippen LogP contribution in [0.5, 0.6) is 0 Å². The number of anilines is 2. The van der Waals surface area contributed by atoms with Crippen molar-refractivity contribution < 1.29 is 5.11 Å². The number of nitrogen functional groups attached to an aromatic ring is 1.